The molecule has 2 atom stereocenters. The molecule has 14 heteroatoms. The second-order valence-electron chi connectivity index (χ2n) is 16.7. The third kappa shape index (κ3) is 15.5. The summed E-state index contributed by atoms with van der Waals surface area (Å²) in [5.41, 5.74) is 3.19. The van der Waals surface area contributed by atoms with E-state index in [1.54, 1.807) is 31.2 Å². The fourth-order valence-electron chi connectivity index (χ4n) is 7.62. The van der Waals surface area contributed by atoms with Crippen LogP contribution >= 0.6 is 0 Å². The van der Waals surface area contributed by atoms with E-state index in [1.807, 2.05) is 90.3 Å². The Hall–Kier alpha value is -6.44. The lowest BCUT2D eigenvalue weighted by Crippen LogP contribution is -2.53. The number of rotatable bonds is 22. The van der Waals surface area contributed by atoms with Crippen molar-refractivity contribution in [1.29, 1.82) is 0 Å². The maximum absolute atomic E-state index is 13.1. The molecule has 1 aromatic heterocycles. The lowest BCUT2D eigenvalue weighted by molar-refractivity contribution is -0.688. The van der Waals surface area contributed by atoms with Gasteiger partial charge in [0.05, 0.1) is 0 Å². The Kier molecular flexibility index (Phi) is 18.3. The molecule has 14 nitrogen and oxygen atoms in total. The Labute approximate surface area is 370 Å². The van der Waals surface area contributed by atoms with Gasteiger partial charge in [-0.25, -0.2) is 4.57 Å². The van der Waals surface area contributed by atoms with Crippen molar-refractivity contribution < 1.29 is 38.1 Å². The SMILES string of the molecule is CC(C)[C@H](NC(=O)CCCCCN1C(=O)C=CC1=O)C(=O)N[C@@H](C)C(=O)Nc1ccc(C[n+]2cccc(/C=C/C(=O)NCCCCC3CCN(C(=O)c4ccccc4)CC3)c2)cc1. The topological polar surface area (TPSA) is 178 Å². The maximum Gasteiger partial charge on any atom is 0.253 e. The van der Waals surface area contributed by atoms with Crippen molar-refractivity contribution in [2.24, 2.45) is 11.8 Å². The second-order valence-corrected chi connectivity index (χ2v) is 16.7. The highest BCUT2D eigenvalue weighted by molar-refractivity contribution is 6.12. The lowest BCUT2D eigenvalue weighted by Gasteiger charge is -2.32. The zero-order valence-electron chi connectivity index (χ0n) is 36.7. The molecule has 0 aliphatic carbocycles. The smallest absolute Gasteiger partial charge is 0.253 e. The van der Waals surface area contributed by atoms with Crippen LogP contribution in [0.3, 0.4) is 0 Å². The predicted octanol–water partition coefficient (Wildman–Crippen LogP) is 4.94. The van der Waals surface area contributed by atoms with E-state index in [0.717, 1.165) is 61.9 Å². The molecule has 3 heterocycles. The van der Waals surface area contributed by atoms with Crippen molar-refractivity contribution >= 4 is 53.1 Å². The lowest BCUT2D eigenvalue weighted by atomic mass is 9.91. The summed E-state index contributed by atoms with van der Waals surface area (Å²) in [6, 6.07) is 19.0. The average Bonchev–Trinajstić information content (AvgIpc) is 3.60. The number of hydrogen-bond donors (Lipinski definition) is 4. The summed E-state index contributed by atoms with van der Waals surface area (Å²) in [5.74, 6) is -1.45. The second kappa shape index (κ2) is 24.3. The first kappa shape index (κ1) is 47.6. The minimum absolute atomic E-state index is 0.111. The highest BCUT2D eigenvalue weighted by atomic mass is 16.2. The first-order chi connectivity index (χ1) is 30.4. The summed E-state index contributed by atoms with van der Waals surface area (Å²) >= 11 is 0. The van der Waals surface area contributed by atoms with E-state index in [1.165, 1.54) is 17.1 Å². The molecular weight excluding hydrogens is 799 g/mol. The van der Waals surface area contributed by atoms with Crippen LogP contribution in [0.15, 0.2) is 97.4 Å². The molecule has 5 rings (SSSR count). The first-order valence-electron chi connectivity index (χ1n) is 22.2. The molecule has 2 aliphatic heterocycles. The van der Waals surface area contributed by atoms with Crippen LogP contribution in [0.2, 0.25) is 0 Å². The number of amides is 7. The number of carbonyl (C=O) groups is 7. The number of pyridine rings is 1. The van der Waals surface area contributed by atoms with Crippen LogP contribution in [0.5, 0.6) is 0 Å². The first-order valence-corrected chi connectivity index (χ1v) is 22.2. The third-order valence-corrected chi connectivity index (χ3v) is 11.4. The van der Waals surface area contributed by atoms with E-state index in [9.17, 15) is 33.6 Å². The number of aromatic nitrogens is 1. The Morgan fingerprint density at radius 3 is 2.21 bits per heavy atom. The summed E-state index contributed by atoms with van der Waals surface area (Å²) in [5, 5.41) is 11.3. The number of hydrogen-bond acceptors (Lipinski definition) is 7. The van der Waals surface area contributed by atoms with Gasteiger partial charge in [0.2, 0.25) is 23.6 Å². The van der Waals surface area contributed by atoms with Crippen molar-refractivity contribution in [3.8, 4) is 0 Å². The van der Waals surface area contributed by atoms with Gasteiger partial charge in [-0.1, -0.05) is 63.4 Å². The number of unbranched alkanes of at least 4 members (excludes halogenated alkanes) is 3. The largest absolute Gasteiger partial charge is 0.353 e. The van der Waals surface area contributed by atoms with Gasteiger partial charge in [-0.3, -0.25) is 38.5 Å². The van der Waals surface area contributed by atoms with Gasteiger partial charge in [0.15, 0.2) is 18.9 Å². The molecule has 4 N–H and O–H groups in total. The number of anilines is 1. The number of benzene rings is 2. The number of carbonyl (C=O) groups excluding carboxylic acids is 7. The predicted molar refractivity (Wildman–Crippen MR) is 240 cm³/mol. The van der Waals surface area contributed by atoms with Crippen LogP contribution in [-0.4, -0.2) is 89.4 Å². The Morgan fingerprint density at radius 1 is 0.794 bits per heavy atom. The molecule has 1 fully saturated rings. The van der Waals surface area contributed by atoms with Gasteiger partial charge in [0.1, 0.15) is 12.1 Å². The van der Waals surface area contributed by atoms with Crippen LogP contribution < -0.4 is 25.8 Å². The molecule has 1 saturated heterocycles. The summed E-state index contributed by atoms with van der Waals surface area (Å²) in [4.78, 5) is 90.6. The van der Waals surface area contributed by atoms with E-state index in [0.29, 0.717) is 50.5 Å². The summed E-state index contributed by atoms with van der Waals surface area (Å²) < 4.78 is 2.01. The standard InChI is InChI=1S/C49H61N7O7/c1-35(2)46(53-43(58)17-8-5-11-30-56-44(59)24-25-45(56)60)48(62)51-36(3)47(61)52-41-21-18-39(19-22-41)34-54-29-12-14-38(33-54)20-23-42(57)50-28-10-9-13-37-26-31-55(32-27-37)49(63)40-15-6-4-7-16-40/h4,6-7,12,14-16,18-25,29,33,35-37,46H,5,8-11,13,17,26-28,30-32,34H2,1-3H3,(H3-,50,51,52,53,57,58,61,62)/p+1/b23-20+/t36-,46-/m0/s1. The van der Waals surface area contributed by atoms with E-state index in [4.69, 9.17) is 0 Å². The molecule has 0 unspecified atom stereocenters. The molecule has 2 aromatic carbocycles. The minimum Gasteiger partial charge on any atom is -0.353 e. The summed E-state index contributed by atoms with van der Waals surface area (Å²) in [7, 11) is 0. The van der Waals surface area contributed by atoms with Crippen LogP contribution in [0, 0.1) is 11.8 Å². The van der Waals surface area contributed by atoms with E-state index >= 15 is 0 Å². The maximum atomic E-state index is 13.1. The van der Waals surface area contributed by atoms with E-state index in [-0.39, 0.29) is 41.9 Å². The van der Waals surface area contributed by atoms with E-state index in [2.05, 4.69) is 21.3 Å². The Bertz CT molecular complexity index is 2090. The molecule has 63 heavy (non-hydrogen) atoms. The van der Waals surface area contributed by atoms with Crippen LogP contribution in [-0.2, 0) is 35.3 Å². The van der Waals surface area contributed by atoms with Gasteiger partial charge in [-0.05, 0) is 87.3 Å². The van der Waals surface area contributed by atoms with Gasteiger partial charge >= 0.3 is 0 Å². The molecule has 0 saturated carbocycles. The number of piperidine rings is 1. The number of likely N-dealkylation sites (tertiary alicyclic amines) is 1. The van der Waals surface area contributed by atoms with Crippen LogP contribution in [0.1, 0.15) is 100 Å². The normalized spacial score (nSPS) is 15.1. The molecular formula is C49H62N7O7+. The van der Waals surface area contributed by atoms with Crippen molar-refractivity contribution in [1.82, 2.24) is 25.8 Å². The number of imide groups is 1. The van der Waals surface area contributed by atoms with Gasteiger partial charge in [0, 0.05) is 79.3 Å². The van der Waals surface area contributed by atoms with Gasteiger partial charge in [-0.2, -0.15) is 0 Å². The highest BCUT2D eigenvalue weighted by Crippen LogP contribution is 2.24. The Balaban J connectivity index is 0.958. The zero-order valence-corrected chi connectivity index (χ0v) is 36.7. The van der Waals surface area contributed by atoms with Crippen molar-refractivity contribution in [2.45, 2.75) is 97.2 Å². The third-order valence-electron chi connectivity index (χ3n) is 11.4. The molecule has 2 aliphatic rings. The molecule has 0 spiro atoms. The van der Waals surface area contributed by atoms with Crippen molar-refractivity contribution in [2.75, 3.05) is 31.5 Å². The van der Waals surface area contributed by atoms with Gasteiger partial charge < -0.3 is 26.2 Å². The van der Waals surface area contributed by atoms with Gasteiger partial charge in [0.25, 0.3) is 17.7 Å². The van der Waals surface area contributed by atoms with E-state index < -0.39 is 23.9 Å². The van der Waals surface area contributed by atoms with Crippen molar-refractivity contribution in [3.05, 3.63) is 114 Å². The average molecular weight is 861 g/mol. The minimum atomic E-state index is -0.867. The molecule has 0 radical (unpaired) electrons. The molecule has 334 valence electrons. The molecule has 7 amide bonds. The quantitative estimate of drug-likeness (QED) is 0.0479. The monoisotopic (exact) mass is 860 g/mol. The van der Waals surface area contributed by atoms with Gasteiger partial charge in [-0.15, -0.1) is 0 Å². The number of nitrogens with zero attached hydrogens (tertiary/aromatic N) is 3. The number of nitrogens with one attached hydrogen (secondary N) is 4. The fraction of sp³-hybridized carbons (Fsp3) is 0.429. The van der Waals surface area contributed by atoms with Crippen LogP contribution in [0.4, 0.5) is 5.69 Å². The highest BCUT2D eigenvalue weighted by Gasteiger charge is 2.28. The Morgan fingerprint density at radius 2 is 1.51 bits per heavy atom. The molecule has 0 bridgehead atoms. The zero-order chi connectivity index (χ0) is 45.1. The molecule has 3 aromatic rings. The summed E-state index contributed by atoms with van der Waals surface area (Å²) in [6.07, 6.45) is 16.7. The van der Waals surface area contributed by atoms with Crippen molar-refractivity contribution in [3.63, 3.8) is 0 Å². The summed E-state index contributed by atoms with van der Waals surface area (Å²) in [6.45, 7) is 8.28. The fourth-order valence-corrected chi connectivity index (χ4v) is 7.62. The van der Waals surface area contributed by atoms with Crippen LogP contribution in [0.25, 0.3) is 6.08 Å².